The molecule has 0 aliphatic carbocycles. The molecule has 0 amide bonds. The smallest absolute Gasteiger partial charge is 0.393 e. The molecule has 0 atom stereocenters. The van der Waals surface area contributed by atoms with E-state index < -0.39 is 30.2 Å². The molecule has 0 saturated heterocycles. The van der Waals surface area contributed by atoms with Crippen LogP contribution in [0.1, 0.15) is 6.42 Å². The topological polar surface area (TPSA) is 26.3 Å². The van der Waals surface area contributed by atoms with Crippen LogP contribution >= 0.6 is 0 Å². The highest BCUT2D eigenvalue weighted by Crippen LogP contribution is 2.27. The molecule has 7 heteroatoms. The van der Waals surface area contributed by atoms with Crippen LogP contribution in [0.5, 0.6) is 0 Å². The van der Waals surface area contributed by atoms with Gasteiger partial charge in [0, 0.05) is 0 Å². The Labute approximate surface area is 70.0 Å². The number of esters is 1. The number of hydrogen-bond donors (Lipinski definition) is 0. The zero-order chi connectivity index (χ0) is 10.6. The Hall–Kier alpha value is -1.14. The molecule has 0 aliphatic rings. The molecule has 0 aromatic carbocycles. The summed E-state index contributed by atoms with van der Waals surface area (Å²) in [6, 6.07) is 0. The molecule has 76 valence electrons. The van der Waals surface area contributed by atoms with Crippen LogP contribution in [0.3, 0.4) is 0 Å². The second-order valence-corrected chi connectivity index (χ2v) is 2.02. The van der Waals surface area contributed by atoms with E-state index in [0.29, 0.717) is 0 Å². The number of rotatable bonds is 2. The molecule has 0 bridgehead atoms. The molecule has 0 aromatic heterocycles. The van der Waals surface area contributed by atoms with Gasteiger partial charge in [0.05, 0.1) is 13.5 Å². The molecule has 0 heterocycles. The standard InChI is InChI=1S/C6H5F5O2/c1-13-5(12)3(4(7)8)2-6(9,10)11/h2H2,1H3. The van der Waals surface area contributed by atoms with Crippen LogP contribution in [0.25, 0.3) is 0 Å². The molecule has 0 aromatic rings. The molecule has 0 radical (unpaired) electrons. The molecular weight excluding hydrogens is 199 g/mol. The molecule has 0 aliphatic heterocycles. The van der Waals surface area contributed by atoms with E-state index in [4.69, 9.17) is 0 Å². The van der Waals surface area contributed by atoms with Crippen molar-refractivity contribution in [2.75, 3.05) is 7.11 Å². The summed E-state index contributed by atoms with van der Waals surface area (Å²) in [4.78, 5) is 10.4. The average molecular weight is 204 g/mol. The van der Waals surface area contributed by atoms with E-state index >= 15 is 0 Å². The third-order valence-electron chi connectivity index (χ3n) is 1.04. The molecule has 0 fully saturated rings. The first-order valence-electron chi connectivity index (χ1n) is 2.97. The lowest BCUT2D eigenvalue weighted by atomic mass is 10.2. The maximum Gasteiger partial charge on any atom is 0.393 e. The van der Waals surface area contributed by atoms with E-state index in [1.807, 2.05) is 0 Å². The quantitative estimate of drug-likeness (QED) is 0.391. The van der Waals surface area contributed by atoms with Crippen molar-refractivity contribution in [3.05, 3.63) is 11.7 Å². The zero-order valence-corrected chi connectivity index (χ0v) is 6.41. The largest absolute Gasteiger partial charge is 0.466 e. The summed E-state index contributed by atoms with van der Waals surface area (Å²) in [7, 11) is 0.724. The first-order chi connectivity index (χ1) is 5.78. The highest BCUT2D eigenvalue weighted by atomic mass is 19.4. The number of methoxy groups -OCH3 is 1. The summed E-state index contributed by atoms with van der Waals surface area (Å²) in [5.74, 6) is -1.67. The maximum absolute atomic E-state index is 11.7. The van der Waals surface area contributed by atoms with Crippen LogP contribution in [-0.4, -0.2) is 19.3 Å². The molecule has 13 heavy (non-hydrogen) atoms. The second kappa shape index (κ2) is 4.20. The van der Waals surface area contributed by atoms with Crippen molar-refractivity contribution in [1.29, 1.82) is 0 Å². The monoisotopic (exact) mass is 204 g/mol. The highest BCUT2D eigenvalue weighted by molar-refractivity contribution is 5.88. The van der Waals surface area contributed by atoms with E-state index in [1.54, 1.807) is 0 Å². The highest BCUT2D eigenvalue weighted by Gasteiger charge is 2.34. The van der Waals surface area contributed by atoms with Crippen LogP contribution in [0.2, 0.25) is 0 Å². The van der Waals surface area contributed by atoms with Gasteiger partial charge in [-0.05, 0) is 0 Å². The minimum Gasteiger partial charge on any atom is -0.466 e. The van der Waals surface area contributed by atoms with Crippen LogP contribution in [0.15, 0.2) is 11.7 Å². The van der Waals surface area contributed by atoms with Crippen LogP contribution in [0.4, 0.5) is 22.0 Å². The van der Waals surface area contributed by atoms with E-state index in [0.717, 1.165) is 7.11 Å². The number of ether oxygens (including phenoxy) is 1. The van der Waals surface area contributed by atoms with Crippen LogP contribution < -0.4 is 0 Å². The fourth-order valence-corrected chi connectivity index (χ4v) is 0.540. The van der Waals surface area contributed by atoms with Gasteiger partial charge in [0.1, 0.15) is 5.57 Å². The first kappa shape index (κ1) is 11.9. The first-order valence-corrected chi connectivity index (χ1v) is 2.97. The Bertz CT molecular complexity index is 226. The van der Waals surface area contributed by atoms with Crippen molar-refractivity contribution in [3.8, 4) is 0 Å². The number of hydrogen-bond acceptors (Lipinski definition) is 2. The fraction of sp³-hybridized carbons (Fsp3) is 0.500. The summed E-state index contributed by atoms with van der Waals surface area (Å²) in [6.07, 6.45) is -9.52. The van der Waals surface area contributed by atoms with Gasteiger partial charge in [0.15, 0.2) is 0 Å². The maximum atomic E-state index is 11.7. The summed E-state index contributed by atoms with van der Waals surface area (Å²) in [6.45, 7) is 0. The normalized spacial score (nSPS) is 10.9. The minimum absolute atomic E-state index is 0.724. The summed E-state index contributed by atoms with van der Waals surface area (Å²) < 4.78 is 62.0. The lowest BCUT2D eigenvalue weighted by Crippen LogP contribution is -2.15. The zero-order valence-electron chi connectivity index (χ0n) is 6.41. The van der Waals surface area contributed by atoms with Gasteiger partial charge in [-0.1, -0.05) is 0 Å². The molecule has 0 unspecified atom stereocenters. The molecule has 0 spiro atoms. The van der Waals surface area contributed by atoms with Gasteiger partial charge >= 0.3 is 12.1 Å². The van der Waals surface area contributed by atoms with Crippen molar-refractivity contribution in [2.45, 2.75) is 12.6 Å². The third-order valence-corrected chi connectivity index (χ3v) is 1.04. The fourth-order valence-electron chi connectivity index (χ4n) is 0.540. The molecule has 2 nitrogen and oxygen atoms in total. The predicted molar refractivity (Wildman–Crippen MR) is 31.9 cm³/mol. The van der Waals surface area contributed by atoms with E-state index in [9.17, 15) is 26.7 Å². The van der Waals surface area contributed by atoms with Gasteiger partial charge in [-0.2, -0.15) is 22.0 Å². The Kier molecular flexibility index (Phi) is 3.83. The van der Waals surface area contributed by atoms with Crippen molar-refractivity contribution >= 4 is 5.97 Å². The van der Waals surface area contributed by atoms with Gasteiger partial charge in [-0.25, -0.2) is 4.79 Å². The molecule has 0 saturated carbocycles. The summed E-state index contributed by atoms with van der Waals surface area (Å²) >= 11 is 0. The van der Waals surface area contributed by atoms with Gasteiger partial charge in [0.2, 0.25) is 0 Å². The minimum atomic E-state index is -4.85. The Balaban J connectivity index is 4.68. The van der Waals surface area contributed by atoms with E-state index in [-0.39, 0.29) is 0 Å². The average Bonchev–Trinajstić information content (AvgIpc) is 1.96. The number of carbonyl (C=O) groups is 1. The van der Waals surface area contributed by atoms with Crippen molar-refractivity contribution in [3.63, 3.8) is 0 Å². The Morgan fingerprint density at radius 3 is 2.00 bits per heavy atom. The van der Waals surface area contributed by atoms with E-state index in [2.05, 4.69) is 4.74 Å². The number of alkyl halides is 3. The third kappa shape index (κ3) is 4.44. The SMILES string of the molecule is COC(=O)C(CC(F)(F)F)=C(F)F. The van der Waals surface area contributed by atoms with Gasteiger partial charge < -0.3 is 4.74 Å². The summed E-state index contributed by atoms with van der Waals surface area (Å²) in [5, 5.41) is 0. The Morgan fingerprint density at radius 1 is 1.31 bits per heavy atom. The van der Waals surface area contributed by atoms with Crippen LogP contribution in [0, 0.1) is 0 Å². The molecule has 0 rings (SSSR count). The summed E-state index contributed by atoms with van der Waals surface area (Å²) in [5.41, 5.74) is -1.66. The van der Waals surface area contributed by atoms with Crippen LogP contribution in [-0.2, 0) is 9.53 Å². The van der Waals surface area contributed by atoms with Gasteiger partial charge in [-0.3, -0.25) is 0 Å². The van der Waals surface area contributed by atoms with Crippen molar-refractivity contribution in [2.24, 2.45) is 0 Å². The molecule has 0 N–H and O–H groups in total. The Morgan fingerprint density at radius 2 is 1.77 bits per heavy atom. The lowest BCUT2D eigenvalue weighted by molar-refractivity contribution is -0.146. The number of halogens is 5. The van der Waals surface area contributed by atoms with Crippen molar-refractivity contribution in [1.82, 2.24) is 0 Å². The molecular formula is C6H5F5O2. The van der Waals surface area contributed by atoms with Gasteiger partial charge in [0.25, 0.3) is 6.08 Å². The van der Waals surface area contributed by atoms with Crippen molar-refractivity contribution < 1.29 is 31.5 Å². The predicted octanol–water partition coefficient (Wildman–Crippen LogP) is 2.26. The van der Waals surface area contributed by atoms with E-state index in [1.165, 1.54) is 0 Å². The van der Waals surface area contributed by atoms with Gasteiger partial charge in [-0.15, -0.1) is 0 Å². The lowest BCUT2D eigenvalue weighted by Gasteiger charge is -2.07. The number of carbonyl (C=O) groups excluding carboxylic acids is 1. The second-order valence-electron chi connectivity index (χ2n) is 2.02.